The van der Waals surface area contributed by atoms with Crippen LogP contribution in [0.2, 0.25) is 0 Å². The third kappa shape index (κ3) is 5.53. The summed E-state index contributed by atoms with van der Waals surface area (Å²) in [4.78, 5) is 13.3. The fourth-order valence-corrected chi connectivity index (χ4v) is 4.74. The van der Waals surface area contributed by atoms with E-state index in [9.17, 15) is 13.2 Å². The maximum absolute atomic E-state index is 12.9. The van der Waals surface area contributed by atoms with Gasteiger partial charge < -0.3 is 9.64 Å². The molecule has 0 aromatic heterocycles. The number of nitrogens with zero attached hydrogens (tertiary/aromatic N) is 1. The quantitative estimate of drug-likeness (QED) is 0.696. The second-order valence-electron chi connectivity index (χ2n) is 6.92. The summed E-state index contributed by atoms with van der Waals surface area (Å²) < 4.78 is 32.2. The molecule has 0 unspecified atom stereocenters. The first-order valence-corrected chi connectivity index (χ1v) is 11.3. The van der Waals surface area contributed by atoms with Crippen molar-refractivity contribution in [2.45, 2.75) is 11.8 Å². The van der Waals surface area contributed by atoms with Crippen LogP contribution in [0.25, 0.3) is 6.08 Å². The SMILES string of the molecule is CCOC(=O)c1ccc(S(=O)(=O)N2CC[NH+](C/C=C/c3ccccc3)CC2)cc1. The van der Waals surface area contributed by atoms with Gasteiger partial charge in [-0.25, -0.2) is 13.2 Å². The molecule has 7 heteroatoms. The van der Waals surface area contributed by atoms with Gasteiger partial charge in [0.25, 0.3) is 0 Å². The van der Waals surface area contributed by atoms with Crippen molar-refractivity contribution >= 4 is 22.1 Å². The lowest BCUT2D eigenvalue weighted by atomic mass is 10.2. The number of nitrogens with one attached hydrogen (secondary N) is 1. The Hall–Kier alpha value is -2.48. The van der Waals surface area contributed by atoms with Crippen LogP contribution in [0.1, 0.15) is 22.8 Å². The van der Waals surface area contributed by atoms with E-state index in [0.29, 0.717) is 18.7 Å². The third-order valence-electron chi connectivity index (χ3n) is 4.95. The summed E-state index contributed by atoms with van der Waals surface area (Å²) in [7, 11) is -3.55. The van der Waals surface area contributed by atoms with Crippen molar-refractivity contribution in [1.29, 1.82) is 0 Å². The maximum Gasteiger partial charge on any atom is 0.338 e. The molecule has 1 N–H and O–H groups in total. The van der Waals surface area contributed by atoms with E-state index in [1.54, 1.807) is 6.92 Å². The first kappa shape index (κ1) is 21.2. The minimum Gasteiger partial charge on any atom is -0.462 e. The van der Waals surface area contributed by atoms with E-state index in [-0.39, 0.29) is 11.5 Å². The van der Waals surface area contributed by atoms with Gasteiger partial charge in [0.1, 0.15) is 0 Å². The highest BCUT2D eigenvalue weighted by molar-refractivity contribution is 7.89. The standard InChI is InChI=1S/C22H26N2O4S/c1-2-28-22(25)20-10-12-21(13-11-20)29(26,27)24-17-15-23(16-18-24)14-6-9-19-7-4-3-5-8-19/h3-13H,2,14-18H2,1H3/p+1/b9-6+. The monoisotopic (exact) mass is 415 g/mol. The van der Waals surface area contributed by atoms with Gasteiger partial charge in [-0.1, -0.05) is 36.4 Å². The number of carbonyl (C=O) groups excluding carboxylic acids is 1. The van der Waals surface area contributed by atoms with Crippen molar-refractivity contribution in [3.8, 4) is 0 Å². The van der Waals surface area contributed by atoms with Gasteiger partial charge in [0.15, 0.2) is 0 Å². The lowest BCUT2D eigenvalue weighted by Crippen LogP contribution is -3.14. The van der Waals surface area contributed by atoms with Crippen LogP contribution in [-0.2, 0) is 14.8 Å². The zero-order chi connectivity index (χ0) is 20.7. The number of benzene rings is 2. The Balaban J connectivity index is 1.55. The lowest BCUT2D eigenvalue weighted by Gasteiger charge is -2.31. The van der Waals surface area contributed by atoms with Gasteiger partial charge in [0.05, 0.1) is 49.8 Å². The van der Waals surface area contributed by atoms with Crippen LogP contribution in [0.5, 0.6) is 0 Å². The number of ether oxygens (including phenoxy) is 1. The van der Waals surface area contributed by atoms with Gasteiger partial charge in [0.2, 0.25) is 10.0 Å². The van der Waals surface area contributed by atoms with Crippen LogP contribution in [0.15, 0.2) is 65.6 Å². The molecular weight excluding hydrogens is 388 g/mol. The highest BCUT2D eigenvalue weighted by Gasteiger charge is 2.30. The maximum atomic E-state index is 12.9. The minimum absolute atomic E-state index is 0.206. The summed E-state index contributed by atoms with van der Waals surface area (Å²) >= 11 is 0. The summed E-state index contributed by atoms with van der Waals surface area (Å²) in [5.41, 5.74) is 1.52. The number of hydrogen-bond donors (Lipinski definition) is 1. The van der Waals surface area contributed by atoms with Crippen LogP contribution >= 0.6 is 0 Å². The fraction of sp³-hybridized carbons (Fsp3) is 0.318. The van der Waals surface area contributed by atoms with Gasteiger partial charge in [0, 0.05) is 0 Å². The molecule has 0 amide bonds. The largest absolute Gasteiger partial charge is 0.462 e. The summed E-state index contributed by atoms with van der Waals surface area (Å²) in [6, 6.07) is 16.1. The van der Waals surface area contributed by atoms with Gasteiger partial charge in [-0.3, -0.25) is 0 Å². The van der Waals surface area contributed by atoms with E-state index in [1.807, 2.05) is 18.2 Å². The van der Waals surface area contributed by atoms with Gasteiger partial charge in [-0.15, -0.1) is 0 Å². The predicted octanol–water partition coefficient (Wildman–Crippen LogP) is 1.47. The van der Waals surface area contributed by atoms with Crippen LogP contribution in [0.4, 0.5) is 0 Å². The van der Waals surface area contributed by atoms with Crippen LogP contribution in [0.3, 0.4) is 0 Å². The molecule has 1 aliphatic rings. The first-order chi connectivity index (χ1) is 14.0. The molecule has 1 aliphatic heterocycles. The second-order valence-corrected chi connectivity index (χ2v) is 8.85. The average molecular weight is 416 g/mol. The topological polar surface area (TPSA) is 68.1 Å². The van der Waals surface area contributed by atoms with E-state index < -0.39 is 16.0 Å². The van der Waals surface area contributed by atoms with E-state index in [4.69, 9.17) is 4.74 Å². The molecule has 0 spiro atoms. The van der Waals surface area contributed by atoms with E-state index >= 15 is 0 Å². The molecule has 2 aromatic carbocycles. The Labute approximate surface area is 172 Å². The van der Waals surface area contributed by atoms with E-state index in [1.165, 1.54) is 39.0 Å². The Morgan fingerprint density at radius 1 is 1.07 bits per heavy atom. The molecule has 29 heavy (non-hydrogen) atoms. The smallest absolute Gasteiger partial charge is 0.338 e. The number of carbonyl (C=O) groups is 1. The Bertz CT molecular complexity index is 933. The molecule has 0 atom stereocenters. The fourth-order valence-electron chi connectivity index (χ4n) is 3.30. The molecule has 0 saturated carbocycles. The molecule has 1 saturated heterocycles. The molecule has 2 aromatic rings. The number of esters is 1. The third-order valence-corrected chi connectivity index (χ3v) is 6.86. The highest BCUT2D eigenvalue weighted by atomic mass is 32.2. The first-order valence-electron chi connectivity index (χ1n) is 9.83. The van der Waals surface area contributed by atoms with Crippen molar-refractivity contribution < 1.29 is 22.8 Å². The zero-order valence-corrected chi connectivity index (χ0v) is 17.4. The van der Waals surface area contributed by atoms with Crippen LogP contribution in [-0.4, -0.2) is 58.0 Å². The molecule has 0 radical (unpaired) electrons. The normalized spacial score (nSPS) is 16.2. The Morgan fingerprint density at radius 3 is 2.34 bits per heavy atom. The summed E-state index contributed by atoms with van der Waals surface area (Å²) in [5.74, 6) is -0.447. The Kier molecular flexibility index (Phi) is 7.19. The summed E-state index contributed by atoms with van der Waals surface area (Å²) in [5, 5.41) is 0. The number of sulfonamides is 1. The van der Waals surface area contributed by atoms with Crippen molar-refractivity contribution in [2.75, 3.05) is 39.3 Å². The zero-order valence-electron chi connectivity index (χ0n) is 16.6. The molecule has 154 valence electrons. The second kappa shape index (κ2) is 9.82. The number of piperazine rings is 1. The van der Waals surface area contributed by atoms with Gasteiger partial charge >= 0.3 is 5.97 Å². The molecule has 1 heterocycles. The Morgan fingerprint density at radius 2 is 1.72 bits per heavy atom. The van der Waals surface area contributed by atoms with Gasteiger partial charge in [-0.2, -0.15) is 4.31 Å². The van der Waals surface area contributed by atoms with Crippen molar-refractivity contribution in [3.63, 3.8) is 0 Å². The van der Waals surface area contributed by atoms with Crippen molar-refractivity contribution in [1.82, 2.24) is 4.31 Å². The number of hydrogen-bond acceptors (Lipinski definition) is 4. The van der Waals surface area contributed by atoms with Crippen molar-refractivity contribution in [2.24, 2.45) is 0 Å². The summed E-state index contributed by atoms with van der Waals surface area (Å²) in [6.07, 6.45) is 4.24. The lowest BCUT2D eigenvalue weighted by molar-refractivity contribution is -0.897. The van der Waals surface area contributed by atoms with E-state index in [2.05, 4.69) is 24.3 Å². The molecule has 0 aliphatic carbocycles. The predicted molar refractivity (Wildman–Crippen MR) is 112 cm³/mol. The number of quaternary nitrogens is 1. The summed E-state index contributed by atoms with van der Waals surface area (Å²) in [6.45, 7) is 5.38. The van der Waals surface area contributed by atoms with Crippen molar-refractivity contribution in [3.05, 3.63) is 71.8 Å². The van der Waals surface area contributed by atoms with Crippen LogP contribution in [0, 0.1) is 0 Å². The molecule has 3 rings (SSSR count). The highest BCUT2D eigenvalue weighted by Crippen LogP contribution is 2.17. The van der Waals surface area contributed by atoms with Gasteiger partial charge in [-0.05, 0) is 42.8 Å². The molecule has 0 bridgehead atoms. The minimum atomic E-state index is -3.55. The number of rotatable bonds is 7. The molecular formula is C22H27N2O4S+. The average Bonchev–Trinajstić information content (AvgIpc) is 2.75. The molecule has 1 fully saturated rings. The molecule has 6 nitrogen and oxygen atoms in total. The van der Waals surface area contributed by atoms with Crippen LogP contribution < -0.4 is 4.90 Å². The van der Waals surface area contributed by atoms with E-state index in [0.717, 1.165) is 19.6 Å².